The third-order valence-corrected chi connectivity index (χ3v) is 5.53. The minimum absolute atomic E-state index is 0.215. The van der Waals surface area contributed by atoms with Crippen LogP contribution in [0.2, 0.25) is 0 Å². The molecule has 3 rings (SSSR count). The van der Waals surface area contributed by atoms with E-state index in [4.69, 9.17) is 4.98 Å². The minimum atomic E-state index is -0.658. The lowest BCUT2D eigenvalue weighted by Gasteiger charge is -2.29. The van der Waals surface area contributed by atoms with Crippen molar-refractivity contribution in [2.75, 3.05) is 20.6 Å². The number of imidazole rings is 1. The number of hydrogen-bond donors (Lipinski definition) is 2. The van der Waals surface area contributed by atoms with Crippen LogP contribution in [0.3, 0.4) is 0 Å². The van der Waals surface area contributed by atoms with Crippen molar-refractivity contribution in [3.05, 3.63) is 53.1 Å². The van der Waals surface area contributed by atoms with Crippen molar-refractivity contribution in [2.24, 2.45) is 5.41 Å². The molecule has 2 N–H and O–H groups in total. The summed E-state index contributed by atoms with van der Waals surface area (Å²) in [4.78, 5) is 32.6. The van der Waals surface area contributed by atoms with E-state index in [-0.39, 0.29) is 11.8 Å². The fourth-order valence-electron chi connectivity index (χ4n) is 3.81. The van der Waals surface area contributed by atoms with E-state index in [0.29, 0.717) is 12.2 Å². The van der Waals surface area contributed by atoms with Crippen molar-refractivity contribution in [1.82, 2.24) is 25.1 Å². The fourth-order valence-corrected chi connectivity index (χ4v) is 3.81. The van der Waals surface area contributed by atoms with E-state index < -0.39 is 11.5 Å². The van der Waals surface area contributed by atoms with Gasteiger partial charge in [-0.05, 0) is 37.1 Å². The first-order valence-corrected chi connectivity index (χ1v) is 10.7. The van der Waals surface area contributed by atoms with E-state index in [9.17, 15) is 9.59 Å². The molecule has 1 aromatic carbocycles. The highest BCUT2D eigenvalue weighted by Crippen LogP contribution is 2.23. The largest absolute Gasteiger partial charge is 0.357 e. The Balaban J connectivity index is 1.97. The summed E-state index contributed by atoms with van der Waals surface area (Å²) in [5.41, 5.74) is 1.91. The maximum atomic E-state index is 13.3. The van der Waals surface area contributed by atoms with Crippen molar-refractivity contribution in [3.63, 3.8) is 0 Å². The summed E-state index contributed by atoms with van der Waals surface area (Å²) in [5.74, 6) is 0.223. The molecule has 0 fully saturated rings. The second-order valence-electron chi connectivity index (χ2n) is 9.14. The van der Waals surface area contributed by atoms with Gasteiger partial charge in [-0.25, -0.2) is 4.98 Å². The number of carbonyl (C=O) groups is 2. The van der Waals surface area contributed by atoms with Crippen LogP contribution < -0.4 is 10.6 Å². The molecule has 7 heteroatoms. The molecule has 0 saturated heterocycles. The van der Waals surface area contributed by atoms with E-state index in [1.165, 1.54) is 0 Å². The van der Waals surface area contributed by atoms with Crippen molar-refractivity contribution in [3.8, 4) is 0 Å². The molecule has 166 valence electrons. The normalized spacial score (nSPS) is 15.9. The third kappa shape index (κ3) is 5.41. The summed E-state index contributed by atoms with van der Waals surface area (Å²) < 4.78 is 2.13. The monoisotopic (exact) mass is 423 g/mol. The van der Waals surface area contributed by atoms with Gasteiger partial charge in [0.1, 0.15) is 11.9 Å². The number of benzene rings is 1. The van der Waals surface area contributed by atoms with Crippen LogP contribution >= 0.6 is 0 Å². The maximum Gasteiger partial charge on any atom is 0.272 e. The van der Waals surface area contributed by atoms with Gasteiger partial charge in [0, 0.05) is 20.1 Å². The number of nitrogens with zero attached hydrogens (tertiary/aromatic N) is 3. The van der Waals surface area contributed by atoms with Gasteiger partial charge >= 0.3 is 0 Å². The van der Waals surface area contributed by atoms with Crippen molar-refractivity contribution in [2.45, 2.75) is 46.3 Å². The zero-order chi connectivity index (χ0) is 22.6. The van der Waals surface area contributed by atoms with Gasteiger partial charge < -0.3 is 20.1 Å². The first-order valence-electron chi connectivity index (χ1n) is 10.7. The Hall–Kier alpha value is -2.93. The zero-order valence-electron chi connectivity index (χ0n) is 19.1. The number of fused-ring (bicyclic) bond motifs is 1. The average Bonchev–Trinajstić information content (AvgIpc) is 2.94. The van der Waals surface area contributed by atoms with Crippen LogP contribution in [-0.4, -0.2) is 52.9 Å². The Morgan fingerprint density at radius 1 is 1.13 bits per heavy atom. The Labute approximate surface area is 184 Å². The molecule has 1 aromatic heterocycles. The van der Waals surface area contributed by atoms with Gasteiger partial charge in [-0.1, -0.05) is 57.2 Å². The Bertz CT molecular complexity index is 956. The van der Waals surface area contributed by atoms with Gasteiger partial charge in [-0.3, -0.25) is 9.59 Å². The second-order valence-corrected chi connectivity index (χ2v) is 9.14. The van der Waals surface area contributed by atoms with E-state index in [1.54, 1.807) is 7.05 Å². The van der Waals surface area contributed by atoms with Crippen LogP contribution in [0.4, 0.5) is 0 Å². The topological polar surface area (TPSA) is 79.3 Å². The summed E-state index contributed by atoms with van der Waals surface area (Å²) in [6, 6.07) is 9.36. The first kappa shape index (κ1) is 22.7. The number of amides is 2. The molecule has 0 aliphatic carbocycles. The number of carbonyl (C=O) groups excluding carboxylic acids is 2. The highest BCUT2D eigenvalue weighted by molar-refractivity contribution is 5.97. The van der Waals surface area contributed by atoms with Crippen molar-refractivity contribution >= 4 is 24.0 Å². The molecule has 1 atom stereocenters. The highest BCUT2D eigenvalue weighted by atomic mass is 16.2. The number of nitrogens with one attached hydrogen (secondary N) is 2. The van der Waals surface area contributed by atoms with Gasteiger partial charge in [-0.15, -0.1) is 0 Å². The smallest absolute Gasteiger partial charge is 0.272 e. The summed E-state index contributed by atoms with van der Waals surface area (Å²) >= 11 is 0. The third-order valence-electron chi connectivity index (χ3n) is 5.53. The molecule has 1 unspecified atom stereocenters. The number of aromatic nitrogens is 2. The molecule has 1 aliphatic heterocycles. The van der Waals surface area contributed by atoms with Gasteiger partial charge in [-0.2, -0.15) is 0 Å². The van der Waals surface area contributed by atoms with Gasteiger partial charge in [0.25, 0.3) is 5.91 Å². The molecule has 31 heavy (non-hydrogen) atoms. The lowest BCUT2D eigenvalue weighted by molar-refractivity contribution is -0.124. The molecular weight excluding hydrogens is 390 g/mol. The number of hydrogen-bond acceptors (Lipinski definition) is 4. The first-order chi connectivity index (χ1) is 14.7. The zero-order valence-corrected chi connectivity index (χ0v) is 19.1. The molecule has 7 nitrogen and oxygen atoms in total. The van der Waals surface area contributed by atoms with Crippen molar-refractivity contribution in [1.29, 1.82) is 0 Å². The van der Waals surface area contributed by atoms with Crippen molar-refractivity contribution < 1.29 is 9.59 Å². The molecule has 0 saturated carbocycles. The Morgan fingerprint density at radius 3 is 2.48 bits per heavy atom. The molecule has 2 heterocycles. The summed E-state index contributed by atoms with van der Waals surface area (Å²) in [5, 5.41) is 5.58. The van der Waals surface area contributed by atoms with E-state index in [1.807, 2.05) is 70.3 Å². The minimum Gasteiger partial charge on any atom is -0.357 e. The predicted octanol–water partition coefficient (Wildman–Crippen LogP) is 2.78. The highest BCUT2D eigenvalue weighted by Gasteiger charge is 2.34. The van der Waals surface area contributed by atoms with Gasteiger partial charge in [0.2, 0.25) is 5.91 Å². The van der Waals surface area contributed by atoms with Crippen LogP contribution in [0.1, 0.15) is 54.8 Å². The summed E-state index contributed by atoms with van der Waals surface area (Å²) in [6.45, 7) is 8.18. The van der Waals surface area contributed by atoms with Crippen LogP contribution in [0.25, 0.3) is 12.2 Å². The average molecular weight is 424 g/mol. The van der Waals surface area contributed by atoms with Crippen LogP contribution in [0.15, 0.2) is 30.3 Å². The molecule has 0 bridgehead atoms. The number of likely N-dealkylation sites (N-methyl/N-ethyl adjacent to an activating group) is 1. The summed E-state index contributed by atoms with van der Waals surface area (Å²) in [6.07, 6.45) is 4.95. The second kappa shape index (κ2) is 9.47. The van der Waals surface area contributed by atoms with Gasteiger partial charge in [0.05, 0.1) is 5.69 Å². The number of rotatable bonds is 5. The van der Waals surface area contributed by atoms with E-state index in [2.05, 4.69) is 20.1 Å². The predicted molar refractivity (Wildman–Crippen MR) is 123 cm³/mol. The Kier molecular flexibility index (Phi) is 6.95. The quantitative estimate of drug-likeness (QED) is 0.775. The molecule has 0 radical (unpaired) electrons. The molecule has 1 aliphatic rings. The summed E-state index contributed by atoms with van der Waals surface area (Å²) in [7, 11) is 3.63. The SMILES string of the molecule is CNC(=O)C(NC(=O)c1nc(C=Cc2ccccc2)n2c1CN(C)CCC2)C(C)(C)C. The van der Waals surface area contributed by atoms with Crippen LogP contribution in [0, 0.1) is 5.41 Å². The van der Waals surface area contributed by atoms with Gasteiger partial charge in [0.15, 0.2) is 5.69 Å². The van der Waals surface area contributed by atoms with Crippen LogP contribution in [0.5, 0.6) is 0 Å². The van der Waals surface area contributed by atoms with E-state index >= 15 is 0 Å². The molecule has 2 aromatic rings. The molecule has 0 spiro atoms. The fraction of sp³-hybridized carbons (Fsp3) is 0.458. The van der Waals surface area contributed by atoms with E-state index in [0.717, 1.165) is 36.6 Å². The lowest BCUT2D eigenvalue weighted by Crippen LogP contribution is -2.53. The molecule has 2 amide bonds. The van der Waals surface area contributed by atoms with Crippen LogP contribution in [-0.2, 0) is 17.9 Å². The maximum absolute atomic E-state index is 13.3. The lowest BCUT2D eigenvalue weighted by atomic mass is 9.86. The standard InChI is InChI=1S/C24H33N5O2/c1-24(2,3)21(23(31)25-4)27-22(30)20-18-16-28(5)14-9-15-29(18)19(26-20)13-12-17-10-7-6-8-11-17/h6-8,10-13,21H,9,14-16H2,1-5H3,(H,25,31)(H,27,30). The Morgan fingerprint density at radius 2 is 1.84 bits per heavy atom. The molecular formula is C24H33N5O2.